The summed E-state index contributed by atoms with van der Waals surface area (Å²) in [5, 5.41) is 6.73. The third kappa shape index (κ3) is 8.07. The number of hydrogen-bond donors (Lipinski definition) is 2. The lowest BCUT2D eigenvalue weighted by atomic mass is 10.1. The summed E-state index contributed by atoms with van der Waals surface area (Å²) in [6.07, 6.45) is -0.594. The summed E-state index contributed by atoms with van der Waals surface area (Å²) in [5.41, 5.74) is 0.931. The number of alkyl halides is 3. The SMILES string of the molecule is CCCN1CCC(NC(=NC)NCCc2ccc(OC(F)(F)F)cc2)CC1. The van der Waals surface area contributed by atoms with Crippen molar-refractivity contribution in [2.45, 2.75) is 45.0 Å². The molecule has 27 heavy (non-hydrogen) atoms. The van der Waals surface area contributed by atoms with Crippen molar-refractivity contribution in [2.24, 2.45) is 4.99 Å². The number of hydrogen-bond acceptors (Lipinski definition) is 3. The molecule has 152 valence electrons. The Balaban J connectivity index is 1.70. The maximum atomic E-state index is 12.2. The number of nitrogens with zero attached hydrogens (tertiary/aromatic N) is 2. The van der Waals surface area contributed by atoms with Crippen molar-refractivity contribution in [1.82, 2.24) is 15.5 Å². The van der Waals surface area contributed by atoms with Crippen molar-refractivity contribution in [3.63, 3.8) is 0 Å². The molecule has 0 aliphatic carbocycles. The minimum atomic E-state index is -4.66. The van der Waals surface area contributed by atoms with Gasteiger partial charge in [-0.05, 0) is 49.9 Å². The van der Waals surface area contributed by atoms with Crippen LogP contribution in [0.1, 0.15) is 31.7 Å². The van der Waals surface area contributed by atoms with Crippen LogP contribution in [0.3, 0.4) is 0 Å². The highest BCUT2D eigenvalue weighted by Gasteiger charge is 2.30. The molecule has 0 saturated carbocycles. The molecule has 2 N–H and O–H groups in total. The highest BCUT2D eigenvalue weighted by molar-refractivity contribution is 5.79. The quantitative estimate of drug-likeness (QED) is 0.558. The van der Waals surface area contributed by atoms with Gasteiger partial charge in [-0.2, -0.15) is 0 Å². The maximum absolute atomic E-state index is 12.2. The van der Waals surface area contributed by atoms with Crippen LogP contribution in [-0.2, 0) is 6.42 Å². The number of piperidine rings is 1. The summed E-state index contributed by atoms with van der Waals surface area (Å²) in [4.78, 5) is 6.75. The van der Waals surface area contributed by atoms with E-state index in [1.165, 1.54) is 18.6 Å². The van der Waals surface area contributed by atoms with Gasteiger partial charge in [0.05, 0.1) is 0 Å². The molecule has 0 bridgehead atoms. The molecular weight excluding hydrogens is 357 g/mol. The Labute approximate surface area is 159 Å². The second kappa shape index (κ2) is 10.4. The molecule has 1 fully saturated rings. The highest BCUT2D eigenvalue weighted by Crippen LogP contribution is 2.22. The van der Waals surface area contributed by atoms with Crippen molar-refractivity contribution in [2.75, 3.05) is 33.2 Å². The Bertz CT molecular complexity index is 582. The van der Waals surface area contributed by atoms with Crippen LogP contribution in [0.2, 0.25) is 0 Å². The third-order valence-corrected chi connectivity index (χ3v) is 4.55. The van der Waals surface area contributed by atoms with Crippen molar-refractivity contribution in [1.29, 1.82) is 0 Å². The molecule has 1 saturated heterocycles. The average molecular weight is 386 g/mol. The number of benzene rings is 1. The van der Waals surface area contributed by atoms with Gasteiger partial charge < -0.3 is 20.3 Å². The molecule has 2 rings (SSSR count). The van der Waals surface area contributed by atoms with E-state index in [0.717, 1.165) is 44.0 Å². The van der Waals surface area contributed by atoms with E-state index in [1.807, 2.05) is 0 Å². The van der Waals surface area contributed by atoms with E-state index in [0.29, 0.717) is 19.0 Å². The number of rotatable bonds is 7. The lowest BCUT2D eigenvalue weighted by Crippen LogP contribution is -2.49. The van der Waals surface area contributed by atoms with E-state index in [1.54, 1.807) is 19.2 Å². The topological polar surface area (TPSA) is 48.9 Å². The maximum Gasteiger partial charge on any atom is 0.573 e. The molecule has 1 aliphatic rings. The Morgan fingerprint density at radius 2 is 1.89 bits per heavy atom. The van der Waals surface area contributed by atoms with Crippen molar-refractivity contribution in [3.05, 3.63) is 29.8 Å². The highest BCUT2D eigenvalue weighted by atomic mass is 19.4. The summed E-state index contributed by atoms with van der Waals surface area (Å²) in [6, 6.07) is 6.37. The van der Waals surface area contributed by atoms with Crippen LogP contribution >= 0.6 is 0 Å². The standard InChI is InChI=1S/C19H29F3N4O/c1-3-12-26-13-9-16(10-14-26)25-18(23-2)24-11-8-15-4-6-17(7-5-15)27-19(20,21)22/h4-7,16H,3,8-14H2,1-2H3,(H2,23,24,25). The lowest BCUT2D eigenvalue weighted by molar-refractivity contribution is -0.274. The molecule has 0 unspecified atom stereocenters. The first-order chi connectivity index (χ1) is 12.9. The van der Waals surface area contributed by atoms with E-state index in [2.05, 4.69) is 32.2 Å². The number of aliphatic imine (C=N–C) groups is 1. The molecule has 8 heteroatoms. The van der Waals surface area contributed by atoms with Crippen LogP contribution in [0.4, 0.5) is 13.2 Å². The minimum Gasteiger partial charge on any atom is -0.406 e. The second-order valence-corrected chi connectivity index (χ2v) is 6.70. The van der Waals surface area contributed by atoms with E-state index < -0.39 is 6.36 Å². The fraction of sp³-hybridized carbons (Fsp3) is 0.632. The first kappa shape index (κ1) is 21.3. The Hall–Kier alpha value is -1.96. The predicted molar refractivity (Wildman–Crippen MR) is 101 cm³/mol. The second-order valence-electron chi connectivity index (χ2n) is 6.70. The van der Waals surface area contributed by atoms with Crippen LogP contribution in [0.5, 0.6) is 5.75 Å². The van der Waals surface area contributed by atoms with E-state index in [9.17, 15) is 13.2 Å². The number of likely N-dealkylation sites (tertiary alicyclic amines) is 1. The van der Waals surface area contributed by atoms with Gasteiger partial charge in [0.15, 0.2) is 5.96 Å². The van der Waals surface area contributed by atoms with Crippen LogP contribution < -0.4 is 15.4 Å². The van der Waals surface area contributed by atoms with Gasteiger partial charge in [-0.1, -0.05) is 19.1 Å². The van der Waals surface area contributed by atoms with Gasteiger partial charge in [-0.25, -0.2) is 0 Å². The molecule has 1 heterocycles. The molecule has 0 aromatic heterocycles. The van der Waals surface area contributed by atoms with Gasteiger partial charge in [0.1, 0.15) is 5.75 Å². The summed E-state index contributed by atoms with van der Waals surface area (Å²) >= 11 is 0. The van der Waals surface area contributed by atoms with Crippen molar-refractivity contribution in [3.8, 4) is 5.75 Å². The van der Waals surface area contributed by atoms with Crippen LogP contribution in [0.25, 0.3) is 0 Å². The molecule has 1 aromatic rings. The largest absolute Gasteiger partial charge is 0.573 e. The molecule has 0 spiro atoms. The Morgan fingerprint density at radius 1 is 1.22 bits per heavy atom. The molecule has 1 aliphatic heterocycles. The molecule has 0 amide bonds. The van der Waals surface area contributed by atoms with Crippen LogP contribution in [0.15, 0.2) is 29.3 Å². The van der Waals surface area contributed by atoms with Gasteiger partial charge in [-0.15, -0.1) is 13.2 Å². The van der Waals surface area contributed by atoms with Crippen LogP contribution in [-0.4, -0.2) is 56.5 Å². The van der Waals surface area contributed by atoms with E-state index in [-0.39, 0.29) is 5.75 Å². The molecule has 0 atom stereocenters. The summed E-state index contributed by atoms with van der Waals surface area (Å²) in [6.45, 7) is 6.22. The fourth-order valence-electron chi connectivity index (χ4n) is 3.19. The number of guanidine groups is 1. The lowest BCUT2D eigenvalue weighted by Gasteiger charge is -2.32. The van der Waals surface area contributed by atoms with Gasteiger partial charge >= 0.3 is 6.36 Å². The summed E-state index contributed by atoms with van der Waals surface area (Å²) in [7, 11) is 1.74. The summed E-state index contributed by atoms with van der Waals surface area (Å²) in [5.74, 6) is 0.562. The third-order valence-electron chi connectivity index (χ3n) is 4.55. The molecule has 1 aromatic carbocycles. The number of ether oxygens (including phenoxy) is 1. The van der Waals surface area contributed by atoms with E-state index in [4.69, 9.17) is 0 Å². The number of nitrogens with one attached hydrogen (secondary N) is 2. The monoisotopic (exact) mass is 386 g/mol. The van der Waals surface area contributed by atoms with Gasteiger partial charge in [-0.3, -0.25) is 4.99 Å². The molecule has 0 radical (unpaired) electrons. The Morgan fingerprint density at radius 3 is 2.44 bits per heavy atom. The zero-order valence-corrected chi connectivity index (χ0v) is 16.0. The Kier molecular flexibility index (Phi) is 8.22. The molecule has 5 nitrogen and oxygen atoms in total. The van der Waals surface area contributed by atoms with Crippen molar-refractivity contribution < 1.29 is 17.9 Å². The van der Waals surface area contributed by atoms with E-state index >= 15 is 0 Å². The first-order valence-corrected chi connectivity index (χ1v) is 9.44. The molecular formula is C19H29F3N4O. The normalized spacial score (nSPS) is 17.0. The fourth-order valence-corrected chi connectivity index (χ4v) is 3.19. The minimum absolute atomic E-state index is 0.203. The average Bonchev–Trinajstić information content (AvgIpc) is 2.63. The zero-order chi connectivity index (χ0) is 19.7. The predicted octanol–water partition coefficient (Wildman–Crippen LogP) is 3.17. The van der Waals surface area contributed by atoms with Gasteiger partial charge in [0, 0.05) is 32.7 Å². The van der Waals surface area contributed by atoms with Crippen molar-refractivity contribution >= 4 is 5.96 Å². The van der Waals surface area contributed by atoms with Crippen LogP contribution in [0, 0.1) is 0 Å². The first-order valence-electron chi connectivity index (χ1n) is 9.44. The summed E-state index contributed by atoms with van der Waals surface area (Å²) < 4.78 is 40.4. The smallest absolute Gasteiger partial charge is 0.406 e. The van der Waals surface area contributed by atoms with Gasteiger partial charge in [0.2, 0.25) is 0 Å². The zero-order valence-electron chi connectivity index (χ0n) is 16.0. The van der Waals surface area contributed by atoms with Gasteiger partial charge in [0.25, 0.3) is 0 Å². The number of halogens is 3.